The molecule has 1 saturated heterocycles. The van der Waals surface area contributed by atoms with E-state index in [0.29, 0.717) is 0 Å². The van der Waals surface area contributed by atoms with Gasteiger partial charge in [-0.05, 0) is 58.4 Å². The van der Waals surface area contributed by atoms with Crippen LogP contribution in [0.1, 0.15) is 12.5 Å². The zero-order valence-corrected chi connectivity index (χ0v) is 15.9. The van der Waals surface area contributed by atoms with Crippen LogP contribution < -0.4 is 4.90 Å². The van der Waals surface area contributed by atoms with E-state index in [9.17, 15) is 14.4 Å². The quantitative estimate of drug-likeness (QED) is 0.546. The van der Waals surface area contributed by atoms with E-state index < -0.39 is 17.1 Å². The summed E-state index contributed by atoms with van der Waals surface area (Å²) in [6, 6.07) is 5.65. The first-order valence-electron chi connectivity index (χ1n) is 7.21. The molecule has 0 aliphatic carbocycles. The van der Waals surface area contributed by atoms with Crippen LogP contribution in [0.2, 0.25) is 0 Å². The van der Waals surface area contributed by atoms with Gasteiger partial charge in [-0.3, -0.25) is 19.3 Å². The Bertz CT molecular complexity index is 718. The molecule has 0 atom stereocenters. The highest BCUT2D eigenvalue weighted by Gasteiger charge is 2.36. The topological polar surface area (TPSA) is 66.9 Å². The molecule has 6 nitrogen and oxygen atoms in total. The third kappa shape index (κ3) is 4.18. The van der Waals surface area contributed by atoms with Gasteiger partial charge in [0.25, 0.3) is 11.1 Å². The van der Waals surface area contributed by atoms with Crippen LogP contribution in [0, 0.1) is 0 Å². The lowest BCUT2D eigenvalue weighted by molar-refractivity contribution is -0.145. The highest BCUT2D eigenvalue weighted by Crippen LogP contribution is 2.33. The van der Waals surface area contributed by atoms with Gasteiger partial charge in [0.15, 0.2) is 0 Å². The number of nitrogens with zero attached hydrogens (tertiary/aromatic N) is 2. The summed E-state index contributed by atoms with van der Waals surface area (Å²) in [7, 11) is 3.86. The summed E-state index contributed by atoms with van der Waals surface area (Å²) < 4.78 is 5.66. The van der Waals surface area contributed by atoms with Crippen LogP contribution in [0.3, 0.4) is 0 Å². The molecule has 2 rings (SSSR count). The first-order chi connectivity index (χ1) is 11.3. The van der Waals surface area contributed by atoms with Crippen molar-refractivity contribution in [2.75, 3.05) is 32.1 Å². The summed E-state index contributed by atoms with van der Waals surface area (Å²) in [4.78, 5) is 38.9. The molecule has 1 aliphatic heterocycles. The van der Waals surface area contributed by atoms with Crippen LogP contribution in [0.25, 0.3) is 6.08 Å². The van der Waals surface area contributed by atoms with Crippen molar-refractivity contribution in [3.63, 3.8) is 0 Å². The van der Waals surface area contributed by atoms with Gasteiger partial charge in [-0.25, -0.2) is 0 Å². The average Bonchev–Trinajstić information content (AvgIpc) is 2.75. The molecule has 0 bridgehead atoms. The summed E-state index contributed by atoms with van der Waals surface area (Å²) >= 11 is 4.30. The Balaban J connectivity index is 2.19. The summed E-state index contributed by atoms with van der Waals surface area (Å²) in [5.41, 5.74) is 1.79. The maximum Gasteiger partial charge on any atom is 0.326 e. The van der Waals surface area contributed by atoms with Gasteiger partial charge in [-0.1, -0.05) is 6.07 Å². The molecule has 2 amide bonds. The molecule has 0 spiro atoms. The molecular weight excluding hydrogens is 396 g/mol. The zero-order chi connectivity index (χ0) is 17.9. The van der Waals surface area contributed by atoms with Crippen molar-refractivity contribution < 1.29 is 19.1 Å². The molecule has 128 valence electrons. The Kier molecular flexibility index (Phi) is 6.06. The number of halogens is 1. The molecule has 0 unspecified atom stereocenters. The van der Waals surface area contributed by atoms with E-state index in [1.165, 1.54) is 0 Å². The van der Waals surface area contributed by atoms with E-state index in [1.54, 1.807) is 13.0 Å². The van der Waals surface area contributed by atoms with Crippen LogP contribution in [0.15, 0.2) is 27.6 Å². The minimum Gasteiger partial charge on any atom is -0.465 e. The average molecular weight is 413 g/mol. The van der Waals surface area contributed by atoms with Crippen molar-refractivity contribution in [2.45, 2.75) is 6.92 Å². The Morgan fingerprint density at radius 1 is 1.38 bits per heavy atom. The molecule has 1 fully saturated rings. The predicted molar refractivity (Wildman–Crippen MR) is 97.8 cm³/mol. The fourth-order valence-electron chi connectivity index (χ4n) is 2.10. The third-order valence-electron chi connectivity index (χ3n) is 3.22. The van der Waals surface area contributed by atoms with Crippen LogP contribution >= 0.6 is 27.7 Å². The lowest BCUT2D eigenvalue weighted by Crippen LogP contribution is -2.34. The monoisotopic (exact) mass is 412 g/mol. The molecule has 1 aromatic carbocycles. The second-order valence-corrected chi connectivity index (χ2v) is 7.03. The number of imide groups is 1. The Hall–Kier alpha value is -1.80. The number of anilines is 1. The minimum absolute atomic E-state index is 0.206. The first-order valence-corrected chi connectivity index (χ1v) is 8.82. The number of thioether (sulfide) groups is 1. The third-order valence-corrected chi connectivity index (χ3v) is 4.76. The van der Waals surface area contributed by atoms with Gasteiger partial charge in [-0.15, -0.1) is 0 Å². The number of ether oxygens (including phenoxy) is 1. The van der Waals surface area contributed by atoms with Crippen LogP contribution in [0.4, 0.5) is 10.5 Å². The molecule has 0 saturated carbocycles. The summed E-state index contributed by atoms with van der Waals surface area (Å²) in [6.45, 7) is 1.51. The van der Waals surface area contributed by atoms with E-state index in [-0.39, 0.29) is 18.1 Å². The lowest BCUT2D eigenvalue weighted by Gasteiger charge is -2.14. The maximum absolute atomic E-state index is 12.3. The largest absolute Gasteiger partial charge is 0.465 e. The molecule has 0 radical (unpaired) electrons. The standard InChI is InChI=1S/C16H17BrN2O4S/c1-4-23-14(20)9-19-15(21)13(24-16(19)22)8-10-5-6-12(18(2)3)11(17)7-10/h5-8H,4,9H2,1-3H3. The molecule has 0 aromatic heterocycles. The zero-order valence-electron chi connectivity index (χ0n) is 13.5. The fraction of sp³-hybridized carbons (Fsp3) is 0.312. The van der Waals surface area contributed by atoms with Gasteiger partial charge >= 0.3 is 5.97 Å². The van der Waals surface area contributed by atoms with Gasteiger partial charge in [0.1, 0.15) is 6.54 Å². The first kappa shape index (κ1) is 18.5. The second kappa shape index (κ2) is 7.85. The van der Waals surface area contributed by atoms with Crippen molar-refractivity contribution >= 4 is 56.6 Å². The maximum atomic E-state index is 12.3. The Labute approximate surface area is 152 Å². The van der Waals surface area contributed by atoms with Gasteiger partial charge in [0, 0.05) is 18.6 Å². The normalized spacial score (nSPS) is 16.0. The predicted octanol–water partition coefficient (Wildman–Crippen LogP) is 3.11. The SMILES string of the molecule is CCOC(=O)CN1C(=O)SC(=Cc2ccc(N(C)C)c(Br)c2)C1=O. The Morgan fingerprint density at radius 3 is 2.67 bits per heavy atom. The number of amides is 2. The van der Waals surface area contributed by atoms with Crippen LogP contribution in [0.5, 0.6) is 0 Å². The second-order valence-electron chi connectivity index (χ2n) is 5.18. The van der Waals surface area contributed by atoms with Gasteiger partial charge in [-0.2, -0.15) is 0 Å². The van der Waals surface area contributed by atoms with E-state index in [0.717, 1.165) is 32.4 Å². The molecule has 1 aromatic rings. The number of benzene rings is 1. The lowest BCUT2D eigenvalue weighted by atomic mass is 10.2. The van der Waals surface area contributed by atoms with Crippen molar-refractivity contribution in [1.29, 1.82) is 0 Å². The smallest absolute Gasteiger partial charge is 0.326 e. The molecular formula is C16H17BrN2O4S. The van der Waals surface area contributed by atoms with Crippen molar-refractivity contribution in [1.82, 2.24) is 4.90 Å². The van der Waals surface area contributed by atoms with Crippen molar-refractivity contribution in [2.24, 2.45) is 0 Å². The van der Waals surface area contributed by atoms with Crippen LogP contribution in [-0.4, -0.2) is 49.3 Å². The number of carbonyl (C=O) groups is 3. The molecule has 24 heavy (non-hydrogen) atoms. The summed E-state index contributed by atoms with van der Waals surface area (Å²) in [5, 5.41) is -0.469. The van der Waals surface area contributed by atoms with Gasteiger partial charge in [0.2, 0.25) is 0 Å². The van der Waals surface area contributed by atoms with E-state index in [4.69, 9.17) is 4.74 Å². The number of esters is 1. The molecule has 1 aliphatic rings. The number of hydrogen-bond acceptors (Lipinski definition) is 6. The number of rotatable bonds is 5. The van der Waals surface area contributed by atoms with Crippen LogP contribution in [-0.2, 0) is 14.3 Å². The molecule has 8 heteroatoms. The van der Waals surface area contributed by atoms with Crippen molar-refractivity contribution in [3.8, 4) is 0 Å². The van der Waals surface area contributed by atoms with Gasteiger partial charge < -0.3 is 9.64 Å². The number of hydrogen-bond donors (Lipinski definition) is 0. The minimum atomic E-state index is -0.598. The summed E-state index contributed by atoms with van der Waals surface area (Å²) in [5.74, 6) is -1.08. The fourth-order valence-corrected chi connectivity index (χ4v) is 3.69. The Morgan fingerprint density at radius 2 is 2.08 bits per heavy atom. The van der Waals surface area contributed by atoms with E-state index in [1.807, 2.05) is 37.2 Å². The van der Waals surface area contributed by atoms with E-state index in [2.05, 4.69) is 15.9 Å². The summed E-state index contributed by atoms with van der Waals surface area (Å²) in [6.07, 6.45) is 1.64. The number of carbonyl (C=O) groups excluding carboxylic acids is 3. The van der Waals surface area contributed by atoms with Crippen molar-refractivity contribution in [3.05, 3.63) is 33.1 Å². The van der Waals surface area contributed by atoms with E-state index >= 15 is 0 Å². The molecule has 0 N–H and O–H groups in total. The van der Waals surface area contributed by atoms with Gasteiger partial charge in [0.05, 0.1) is 17.2 Å². The molecule has 1 heterocycles. The highest BCUT2D eigenvalue weighted by molar-refractivity contribution is 9.10. The highest BCUT2D eigenvalue weighted by atomic mass is 79.9.